The molecule has 3 aromatic heterocycles. The first-order valence-electron chi connectivity index (χ1n) is 6.80. The minimum absolute atomic E-state index is 1.04. The van der Waals surface area contributed by atoms with Crippen molar-refractivity contribution >= 4 is 43.2 Å². The Morgan fingerprint density at radius 1 is 0.818 bits per heavy atom. The number of hydrogen-bond acceptors (Lipinski definition) is 3. The molecule has 0 atom stereocenters. The average Bonchev–Trinajstić information content (AvgIpc) is 2.86. The monoisotopic (exact) mass is 436 g/mol. The summed E-state index contributed by atoms with van der Waals surface area (Å²) < 4.78 is 2.08. The summed E-state index contributed by atoms with van der Waals surface area (Å²) in [5.41, 5.74) is 6.06. The van der Waals surface area contributed by atoms with Crippen LogP contribution in [0.15, 0.2) is 39.8 Å². The Morgan fingerprint density at radius 3 is 2.00 bits per heavy atom. The number of aryl methyl sites for hydroxylation is 1. The van der Waals surface area contributed by atoms with Crippen molar-refractivity contribution in [3.8, 4) is 20.9 Å². The van der Waals surface area contributed by atoms with E-state index in [1.54, 1.807) is 11.3 Å². The number of aromatic nitrogens is 2. The first-order chi connectivity index (χ1) is 10.5. The summed E-state index contributed by atoms with van der Waals surface area (Å²) >= 11 is 8.92. The molecular weight excluding hydrogens is 424 g/mol. The van der Waals surface area contributed by atoms with Crippen LogP contribution in [0.5, 0.6) is 0 Å². The number of halogens is 2. The molecule has 0 saturated heterocycles. The second kappa shape index (κ2) is 6.22. The van der Waals surface area contributed by atoms with Gasteiger partial charge in [-0.2, -0.15) is 0 Å². The van der Waals surface area contributed by atoms with Gasteiger partial charge in [-0.25, -0.2) is 0 Å². The van der Waals surface area contributed by atoms with Crippen LogP contribution in [0.25, 0.3) is 20.9 Å². The maximum absolute atomic E-state index is 4.32. The highest BCUT2D eigenvalue weighted by Crippen LogP contribution is 2.41. The fourth-order valence-corrected chi connectivity index (χ4v) is 4.33. The van der Waals surface area contributed by atoms with Crippen LogP contribution in [0.3, 0.4) is 0 Å². The lowest BCUT2D eigenvalue weighted by Gasteiger charge is -2.06. The molecule has 3 aromatic rings. The minimum atomic E-state index is 1.04. The van der Waals surface area contributed by atoms with E-state index in [4.69, 9.17) is 0 Å². The highest BCUT2D eigenvalue weighted by Gasteiger charge is 2.15. The molecule has 3 rings (SSSR count). The molecule has 0 saturated carbocycles. The second-order valence-corrected chi connectivity index (χ2v) is 7.97. The van der Waals surface area contributed by atoms with Crippen molar-refractivity contribution in [3.63, 3.8) is 0 Å². The smallest absolute Gasteiger partial charge is 0.0413 e. The largest absolute Gasteiger partial charge is 0.263 e. The summed E-state index contributed by atoms with van der Waals surface area (Å²) in [6.07, 6.45) is 7.55. The number of nitrogens with zero attached hydrogens (tertiary/aromatic N) is 2. The standard InChI is InChI=1S/C17H14Br2N2S/c1-9-4-16(12-5-20-7-14(18)10(12)2)22-17(9)13-6-21-8-15(19)11(13)3/h4-8H,1-3H3. The van der Waals surface area contributed by atoms with E-state index in [0.29, 0.717) is 0 Å². The number of rotatable bonds is 2. The van der Waals surface area contributed by atoms with Crippen molar-refractivity contribution in [2.75, 3.05) is 0 Å². The van der Waals surface area contributed by atoms with Crippen LogP contribution in [-0.2, 0) is 0 Å². The van der Waals surface area contributed by atoms with Crippen LogP contribution in [-0.4, -0.2) is 9.97 Å². The van der Waals surface area contributed by atoms with Crippen LogP contribution >= 0.6 is 43.2 Å². The van der Waals surface area contributed by atoms with Crippen molar-refractivity contribution in [1.82, 2.24) is 9.97 Å². The third-order valence-electron chi connectivity index (χ3n) is 3.74. The Morgan fingerprint density at radius 2 is 1.36 bits per heavy atom. The molecule has 2 nitrogen and oxygen atoms in total. The first kappa shape index (κ1) is 15.8. The third-order valence-corrected chi connectivity index (χ3v) is 6.64. The summed E-state index contributed by atoms with van der Waals surface area (Å²) in [5.74, 6) is 0. The van der Waals surface area contributed by atoms with Crippen molar-refractivity contribution in [1.29, 1.82) is 0 Å². The van der Waals surface area contributed by atoms with E-state index < -0.39 is 0 Å². The minimum Gasteiger partial charge on any atom is -0.263 e. The predicted molar refractivity (Wildman–Crippen MR) is 100 cm³/mol. The van der Waals surface area contributed by atoms with Crippen LogP contribution < -0.4 is 0 Å². The Bertz CT molecular complexity index is 856. The first-order valence-corrected chi connectivity index (χ1v) is 9.20. The number of thiophene rings is 1. The Labute approximate surface area is 150 Å². The van der Waals surface area contributed by atoms with Gasteiger partial charge < -0.3 is 0 Å². The van der Waals surface area contributed by atoms with Gasteiger partial charge in [-0.15, -0.1) is 11.3 Å². The van der Waals surface area contributed by atoms with Gasteiger partial charge in [0.05, 0.1) is 0 Å². The number of hydrogen-bond donors (Lipinski definition) is 0. The molecule has 3 heterocycles. The van der Waals surface area contributed by atoms with E-state index in [1.165, 1.54) is 37.6 Å². The fourth-order valence-electron chi connectivity index (χ4n) is 2.36. The SMILES string of the molecule is Cc1cc(-c2cncc(Br)c2C)sc1-c1cncc(Br)c1C. The van der Waals surface area contributed by atoms with E-state index in [1.807, 2.05) is 24.8 Å². The molecule has 0 unspecified atom stereocenters. The molecule has 0 spiro atoms. The quantitative estimate of drug-likeness (QED) is 0.468. The van der Waals surface area contributed by atoms with Crippen molar-refractivity contribution in [3.05, 3.63) is 56.5 Å². The molecule has 22 heavy (non-hydrogen) atoms. The van der Waals surface area contributed by atoms with Crippen LogP contribution in [0.4, 0.5) is 0 Å². The Kier molecular flexibility index (Phi) is 4.48. The molecule has 0 bridgehead atoms. The normalized spacial score (nSPS) is 11.0. The van der Waals surface area contributed by atoms with Gasteiger partial charge in [-0.3, -0.25) is 9.97 Å². The van der Waals surface area contributed by atoms with Crippen molar-refractivity contribution < 1.29 is 0 Å². The van der Waals surface area contributed by atoms with E-state index in [9.17, 15) is 0 Å². The molecule has 0 aliphatic carbocycles. The summed E-state index contributed by atoms with van der Waals surface area (Å²) in [6.45, 7) is 6.38. The fraction of sp³-hybridized carbons (Fsp3) is 0.176. The van der Waals surface area contributed by atoms with Gasteiger partial charge >= 0.3 is 0 Å². The predicted octanol–water partition coefficient (Wildman–Crippen LogP) is 6.32. The molecule has 112 valence electrons. The van der Waals surface area contributed by atoms with Crippen LogP contribution in [0.1, 0.15) is 16.7 Å². The molecular formula is C17H14Br2N2S. The molecule has 0 amide bonds. The van der Waals surface area contributed by atoms with Gasteiger partial charge in [0.1, 0.15) is 0 Å². The van der Waals surface area contributed by atoms with Gasteiger partial charge in [-0.1, -0.05) is 0 Å². The van der Waals surface area contributed by atoms with E-state index in [-0.39, 0.29) is 0 Å². The van der Waals surface area contributed by atoms with Crippen LogP contribution in [0.2, 0.25) is 0 Å². The summed E-state index contributed by atoms with van der Waals surface area (Å²) in [6, 6.07) is 2.23. The molecule has 0 aliphatic heterocycles. The lowest BCUT2D eigenvalue weighted by atomic mass is 10.1. The van der Waals surface area contributed by atoms with Gasteiger partial charge in [-0.05, 0) is 75.4 Å². The molecule has 0 radical (unpaired) electrons. The highest BCUT2D eigenvalue weighted by molar-refractivity contribution is 9.10. The zero-order valence-electron chi connectivity index (χ0n) is 12.4. The van der Waals surface area contributed by atoms with Gasteiger partial charge in [0.15, 0.2) is 0 Å². The number of pyridine rings is 2. The molecule has 0 fully saturated rings. The van der Waals surface area contributed by atoms with Crippen LogP contribution in [0, 0.1) is 20.8 Å². The Balaban J connectivity index is 2.16. The van der Waals surface area contributed by atoms with Gasteiger partial charge in [0, 0.05) is 54.6 Å². The molecule has 0 aromatic carbocycles. The molecule has 5 heteroatoms. The highest BCUT2D eigenvalue weighted by atomic mass is 79.9. The lowest BCUT2D eigenvalue weighted by Crippen LogP contribution is -1.85. The topological polar surface area (TPSA) is 25.8 Å². The third kappa shape index (κ3) is 2.77. The molecule has 0 N–H and O–H groups in total. The Hall–Kier alpha value is -1.04. The maximum atomic E-state index is 4.32. The maximum Gasteiger partial charge on any atom is 0.0413 e. The van der Waals surface area contributed by atoms with Crippen molar-refractivity contribution in [2.24, 2.45) is 0 Å². The lowest BCUT2D eigenvalue weighted by molar-refractivity contribution is 1.26. The summed E-state index contributed by atoms with van der Waals surface area (Å²) in [7, 11) is 0. The summed E-state index contributed by atoms with van der Waals surface area (Å²) in [4.78, 5) is 11.1. The average molecular weight is 438 g/mol. The van der Waals surface area contributed by atoms with Gasteiger partial charge in [0.2, 0.25) is 0 Å². The van der Waals surface area contributed by atoms with E-state index >= 15 is 0 Å². The zero-order chi connectivity index (χ0) is 15.9. The molecule has 0 aliphatic rings. The summed E-state index contributed by atoms with van der Waals surface area (Å²) in [5, 5.41) is 0. The van der Waals surface area contributed by atoms with Gasteiger partial charge in [0.25, 0.3) is 0 Å². The van der Waals surface area contributed by atoms with Crippen molar-refractivity contribution in [2.45, 2.75) is 20.8 Å². The second-order valence-electron chi connectivity index (χ2n) is 5.21. The van der Waals surface area contributed by atoms with E-state index in [0.717, 1.165) is 8.95 Å². The van der Waals surface area contributed by atoms with E-state index in [2.05, 4.69) is 68.7 Å². The zero-order valence-corrected chi connectivity index (χ0v) is 16.4.